The van der Waals surface area contributed by atoms with Crippen LogP contribution in [0.3, 0.4) is 0 Å². The van der Waals surface area contributed by atoms with Crippen LogP contribution in [0, 0.1) is 0 Å². The molecule has 2 aromatic rings. The highest BCUT2D eigenvalue weighted by Gasteiger charge is 2.31. The lowest BCUT2D eigenvalue weighted by atomic mass is 10.1. The van der Waals surface area contributed by atoms with Crippen molar-refractivity contribution in [3.8, 4) is 0 Å². The van der Waals surface area contributed by atoms with Crippen molar-refractivity contribution in [1.82, 2.24) is 0 Å². The number of fused-ring (bicyclic) bond motifs is 1. The molecule has 0 aromatic heterocycles. The van der Waals surface area contributed by atoms with Crippen molar-refractivity contribution >= 4 is 26.5 Å². The van der Waals surface area contributed by atoms with Crippen LogP contribution in [0.15, 0.2) is 61.2 Å². The Balaban J connectivity index is 1.89. The molecular weight excluding hydrogens is 329 g/mol. The molecule has 3 nitrogen and oxygen atoms in total. The number of nitrogens with one attached hydrogen (secondary N) is 1. The van der Waals surface area contributed by atoms with E-state index in [2.05, 4.69) is 11.9 Å². The van der Waals surface area contributed by atoms with Crippen molar-refractivity contribution in [2.75, 3.05) is 16.8 Å². The molecule has 0 aliphatic carbocycles. The fourth-order valence-corrected chi connectivity index (χ4v) is 3.05. The number of amides is 1. The Kier molecular flexibility index (Phi) is 4.37. The van der Waals surface area contributed by atoms with E-state index in [1.807, 2.05) is 24.3 Å². The van der Waals surface area contributed by atoms with E-state index in [1.165, 1.54) is 18.2 Å². The molecule has 124 valence electrons. The van der Waals surface area contributed by atoms with Gasteiger partial charge in [-0.3, -0.25) is 4.79 Å². The summed E-state index contributed by atoms with van der Waals surface area (Å²) in [5.41, 5.74) is -0.704. The third kappa shape index (κ3) is 3.17. The molecule has 1 heterocycles. The number of para-hydroxylation sites is 1. The Labute approximate surface area is 141 Å². The normalized spacial score (nSPS) is 16.6. The van der Waals surface area contributed by atoms with Crippen LogP contribution < -0.4 is 10.2 Å². The number of anilines is 2. The van der Waals surface area contributed by atoms with Crippen molar-refractivity contribution in [2.45, 2.75) is 11.7 Å². The summed E-state index contributed by atoms with van der Waals surface area (Å²) in [5.74, 6) is -0.183. The fourth-order valence-electron chi connectivity index (χ4n) is 2.87. The van der Waals surface area contributed by atoms with Gasteiger partial charge in [0.05, 0.1) is 12.6 Å². The summed E-state index contributed by atoms with van der Waals surface area (Å²) in [6, 6.07) is 13.5. The molecule has 1 aliphatic rings. The minimum absolute atomic E-state index is 0.0807. The third-order valence-electron chi connectivity index (χ3n) is 4.00. The zero-order valence-electron chi connectivity index (χ0n) is 12.9. The molecular formula is C18H17F2N2OP. The number of rotatable bonds is 4. The van der Waals surface area contributed by atoms with E-state index in [0.717, 1.165) is 11.3 Å². The first-order valence-corrected chi connectivity index (χ1v) is 8.04. The van der Waals surface area contributed by atoms with Gasteiger partial charge in [-0.25, -0.2) is 0 Å². The first-order chi connectivity index (χ1) is 11.4. The second kappa shape index (κ2) is 6.33. The van der Waals surface area contributed by atoms with Crippen LogP contribution in [0.1, 0.15) is 17.2 Å². The standard InChI is InChI=1S/C18H17F2N2OP/c1-2-17(23)22-11-15(14-8-3-4-9-16(14)22)21-13-7-5-6-12(10-13)18(19,20)24/h2-10,15,21H,1,11,24H2. The largest absolute Gasteiger partial charge is 0.376 e. The number of halogens is 2. The SMILES string of the molecule is C=CC(=O)N1CC(Nc2cccc(C(F)(F)P)c2)c2ccccc21. The molecule has 0 fully saturated rings. The van der Waals surface area contributed by atoms with E-state index >= 15 is 0 Å². The van der Waals surface area contributed by atoms with Gasteiger partial charge in [0.25, 0.3) is 5.66 Å². The highest BCUT2D eigenvalue weighted by molar-refractivity contribution is 7.17. The average Bonchev–Trinajstić information content (AvgIpc) is 2.92. The van der Waals surface area contributed by atoms with Crippen LogP contribution in [0.5, 0.6) is 0 Å². The Morgan fingerprint density at radius 2 is 2.04 bits per heavy atom. The maximum absolute atomic E-state index is 13.5. The third-order valence-corrected chi connectivity index (χ3v) is 4.33. The minimum Gasteiger partial charge on any atom is -0.376 e. The minimum atomic E-state index is -2.98. The number of hydrogen-bond donors (Lipinski definition) is 1. The van der Waals surface area contributed by atoms with E-state index in [1.54, 1.807) is 26.3 Å². The Morgan fingerprint density at radius 3 is 2.75 bits per heavy atom. The zero-order chi connectivity index (χ0) is 17.3. The van der Waals surface area contributed by atoms with Gasteiger partial charge in [0, 0.05) is 16.9 Å². The Bertz CT molecular complexity index is 789. The van der Waals surface area contributed by atoms with Gasteiger partial charge in [0.1, 0.15) is 0 Å². The van der Waals surface area contributed by atoms with Gasteiger partial charge in [-0.15, -0.1) is 0 Å². The lowest BCUT2D eigenvalue weighted by molar-refractivity contribution is -0.114. The van der Waals surface area contributed by atoms with Crippen LogP contribution in [-0.4, -0.2) is 12.5 Å². The Morgan fingerprint density at radius 1 is 1.29 bits per heavy atom. The smallest absolute Gasteiger partial charge is 0.283 e. The fraction of sp³-hybridized carbons (Fsp3) is 0.167. The van der Waals surface area contributed by atoms with E-state index in [4.69, 9.17) is 0 Å². The molecule has 1 N–H and O–H groups in total. The van der Waals surface area contributed by atoms with E-state index < -0.39 is 5.66 Å². The zero-order valence-corrected chi connectivity index (χ0v) is 14.0. The monoisotopic (exact) mass is 346 g/mol. The average molecular weight is 346 g/mol. The first-order valence-electron chi connectivity index (χ1n) is 7.47. The summed E-state index contributed by atoms with van der Waals surface area (Å²) in [5, 5.41) is 3.25. The second-order valence-electron chi connectivity index (χ2n) is 5.61. The molecule has 6 heteroatoms. The molecule has 24 heavy (non-hydrogen) atoms. The van der Waals surface area contributed by atoms with Gasteiger partial charge in [0.2, 0.25) is 5.91 Å². The summed E-state index contributed by atoms with van der Waals surface area (Å²) in [6.07, 6.45) is 1.27. The van der Waals surface area contributed by atoms with Gasteiger partial charge < -0.3 is 10.2 Å². The summed E-state index contributed by atoms with van der Waals surface area (Å²) in [7, 11) is 1.54. The molecule has 0 bridgehead atoms. The van der Waals surface area contributed by atoms with E-state index in [9.17, 15) is 13.6 Å². The molecule has 0 radical (unpaired) electrons. The van der Waals surface area contributed by atoms with Crippen molar-refractivity contribution in [2.24, 2.45) is 0 Å². The van der Waals surface area contributed by atoms with E-state index in [-0.39, 0.29) is 17.5 Å². The number of nitrogens with zero attached hydrogens (tertiary/aromatic N) is 1. The molecule has 2 aromatic carbocycles. The molecule has 0 saturated heterocycles. The number of hydrogen-bond acceptors (Lipinski definition) is 2. The second-order valence-corrected chi connectivity index (χ2v) is 6.34. The number of benzene rings is 2. The number of alkyl halides is 2. The van der Waals surface area contributed by atoms with Gasteiger partial charge in [-0.2, -0.15) is 8.78 Å². The molecule has 0 saturated carbocycles. The quantitative estimate of drug-likeness (QED) is 0.661. The highest BCUT2D eigenvalue weighted by Crippen LogP contribution is 2.39. The van der Waals surface area contributed by atoms with Crippen molar-refractivity contribution < 1.29 is 13.6 Å². The summed E-state index contributed by atoms with van der Waals surface area (Å²) < 4.78 is 26.9. The van der Waals surface area contributed by atoms with Crippen LogP contribution in [-0.2, 0) is 10.5 Å². The highest BCUT2D eigenvalue weighted by atomic mass is 31.0. The molecule has 2 atom stereocenters. The summed E-state index contributed by atoms with van der Waals surface area (Å²) in [4.78, 5) is 13.7. The maximum Gasteiger partial charge on any atom is 0.283 e. The van der Waals surface area contributed by atoms with Gasteiger partial charge >= 0.3 is 0 Å². The maximum atomic E-state index is 13.5. The van der Waals surface area contributed by atoms with E-state index in [0.29, 0.717) is 12.2 Å². The molecule has 0 spiro atoms. The van der Waals surface area contributed by atoms with Crippen molar-refractivity contribution in [3.63, 3.8) is 0 Å². The van der Waals surface area contributed by atoms with Gasteiger partial charge in [0.15, 0.2) is 0 Å². The predicted molar refractivity (Wildman–Crippen MR) is 95.4 cm³/mol. The molecule has 3 rings (SSSR count). The summed E-state index contributed by atoms with van der Waals surface area (Å²) in [6.45, 7) is 3.95. The molecule has 2 unspecified atom stereocenters. The van der Waals surface area contributed by atoms with Crippen molar-refractivity contribution in [3.05, 3.63) is 72.3 Å². The van der Waals surface area contributed by atoms with Gasteiger partial charge in [-0.05, 0) is 29.8 Å². The van der Waals surface area contributed by atoms with Crippen LogP contribution in [0.2, 0.25) is 0 Å². The number of carbonyl (C=O) groups excluding carboxylic acids is 1. The topological polar surface area (TPSA) is 32.3 Å². The predicted octanol–water partition coefficient (Wildman–Crippen LogP) is 4.30. The number of carbonyl (C=O) groups is 1. The van der Waals surface area contributed by atoms with Crippen LogP contribution in [0.4, 0.5) is 20.2 Å². The van der Waals surface area contributed by atoms with Gasteiger partial charge in [-0.1, -0.05) is 46.2 Å². The van der Waals surface area contributed by atoms with Crippen LogP contribution >= 0.6 is 9.24 Å². The summed E-state index contributed by atoms with van der Waals surface area (Å²) >= 11 is 0. The van der Waals surface area contributed by atoms with Crippen molar-refractivity contribution in [1.29, 1.82) is 0 Å². The first kappa shape index (κ1) is 16.6. The lowest BCUT2D eigenvalue weighted by Gasteiger charge is -2.18. The Hall–Kier alpha value is -2.26. The van der Waals surface area contributed by atoms with Crippen LogP contribution in [0.25, 0.3) is 0 Å². The molecule has 1 aliphatic heterocycles. The lowest BCUT2D eigenvalue weighted by Crippen LogP contribution is -2.29. The molecule has 1 amide bonds.